The minimum Gasteiger partial charge on any atom is -0.508 e. The number of carbonyl (C=O) groups is 1. The predicted octanol–water partition coefficient (Wildman–Crippen LogP) is 3.44. The van der Waals surface area contributed by atoms with Crippen molar-refractivity contribution in [3.63, 3.8) is 0 Å². The Balaban J connectivity index is 0.00000106. The summed E-state index contributed by atoms with van der Waals surface area (Å²) in [6.07, 6.45) is 0.116. The number of phenols is 1. The van der Waals surface area contributed by atoms with Gasteiger partial charge in [0.25, 0.3) is 5.97 Å². The summed E-state index contributed by atoms with van der Waals surface area (Å²) in [5, 5.41) is 39.8. The van der Waals surface area contributed by atoms with Crippen LogP contribution in [0.25, 0.3) is 0 Å². The van der Waals surface area contributed by atoms with Gasteiger partial charge in [0.05, 0.1) is 25.9 Å². The number of nitrogens with one attached hydrogen (secondary N) is 1. The van der Waals surface area contributed by atoms with Gasteiger partial charge in [-0.05, 0) is 53.9 Å². The molecule has 1 atom stereocenters. The molecule has 0 unspecified atom stereocenters. The van der Waals surface area contributed by atoms with Crippen LogP contribution in [0.5, 0.6) is 11.5 Å². The van der Waals surface area contributed by atoms with Gasteiger partial charge in [0.1, 0.15) is 18.1 Å². The Morgan fingerprint density at radius 1 is 0.972 bits per heavy atom. The van der Waals surface area contributed by atoms with Crippen molar-refractivity contribution in [2.75, 3.05) is 26.3 Å². The molecule has 0 radical (unpaired) electrons. The number of benzene rings is 3. The molecule has 5 N–H and O–H groups in total. The Bertz CT molecular complexity index is 1020. The number of rotatable bonds is 13. The molecule has 0 aliphatic rings. The second-order valence-electron chi connectivity index (χ2n) is 8.07. The smallest absolute Gasteiger partial charge is 0.300 e. The van der Waals surface area contributed by atoms with Crippen molar-refractivity contribution in [3.05, 3.63) is 95.1 Å². The van der Waals surface area contributed by atoms with Crippen molar-refractivity contribution >= 4 is 5.97 Å². The van der Waals surface area contributed by atoms with E-state index in [4.69, 9.17) is 19.4 Å². The summed E-state index contributed by atoms with van der Waals surface area (Å²) in [5.41, 5.74) is 3.39. The highest BCUT2D eigenvalue weighted by Gasteiger charge is 2.10. The van der Waals surface area contributed by atoms with Gasteiger partial charge in [-0.25, -0.2) is 0 Å². The monoisotopic (exact) mass is 497 g/mol. The summed E-state index contributed by atoms with van der Waals surface area (Å²) in [7, 11) is 0. The summed E-state index contributed by atoms with van der Waals surface area (Å²) in [6.45, 7) is 3.54. The molecule has 36 heavy (non-hydrogen) atoms. The third kappa shape index (κ3) is 11.3. The molecule has 0 saturated carbocycles. The number of hydrogen-bond acceptors (Lipinski definition) is 7. The molecule has 0 spiro atoms. The highest BCUT2D eigenvalue weighted by atomic mass is 16.5. The van der Waals surface area contributed by atoms with Gasteiger partial charge in [-0.15, -0.1) is 0 Å². The molecule has 0 amide bonds. The number of carboxylic acid groups (broad SMARTS) is 1. The fraction of sp³-hybridized carbons (Fsp3) is 0.321. The number of ether oxygens (including phenoxy) is 2. The summed E-state index contributed by atoms with van der Waals surface area (Å²) < 4.78 is 11.3. The average molecular weight is 498 g/mol. The molecular weight excluding hydrogens is 462 g/mol. The van der Waals surface area contributed by atoms with Crippen molar-refractivity contribution < 1.29 is 34.7 Å². The minimum atomic E-state index is -0.833. The number of aromatic hydroxyl groups is 1. The lowest BCUT2D eigenvalue weighted by atomic mass is 10.1. The maximum Gasteiger partial charge on any atom is 0.300 e. The van der Waals surface area contributed by atoms with Crippen LogP contribution >= 0.6 is 0 Å². The molecule has 3 rings (SSSR count). The first-order valence-electron chi connectivity index (χ1n) is 11.7. The van der Waals surface area contributed by atoms with Crippen LogP contribution in [0.1, 0.15) is 35.3 Å². The topological polar surface area (TPSA) is 128 Å². The third-order valence-electron chi connectivity index (χ3n) is 5.12. The zero-order valence-corrected chi connectivity index (χ0v) is 20.5. The van der Waals surface area contributed by atoms with Gasteiger partial charge < -0.3 is 35.2 Å². The average Bonchev–Trinajstić information content (AvgIpc) is 2.87. The molecule has 3 aromatic carbocycles. The molecule has 8 nitrogen and oxygen atoms in total. The van der Waals surface area contributed by atoms with Crippen molar-refractivity contribution in [2.24, 2.45) is 0 Å². The standard InChI is InChI=1S/C26H31NO5.C2H4O2/c28-18-23-16-22(8-11-25(23)29)26(30)17-27-13-12-20-6-9-24(10-7-20)32-15-14-31-19-21-4-2-1-3-5-21;1-2(3)4/h1-11,16,26-30H,12-15,17-19H2;1H3,(H,3,4)/t26-;/m0./s1. The molecule has 0 fully saturated rings. The van der Waals surface area contributed by atoms with Crippen LogP contribution in [0.4, 0.5) is 0 Å². The quantitative estimate of drug-likeness (QED) is 0.227. The van der Waals surface area contributed by atoms with Crippen molar-refractivity contribution in [1.29, 1.82) is 0 Å². The van der Waals surface area contributed by atoms with E-state index >= 15 is 0 Å². The van der Waals surface area contributed by atoms with E-state index in [0.29, 0.717) is 37.5 Å². The Labute approximate surface area is 211 Å². The second-order valence-corrected chi connectivity index (χ2v) is 8.07. The number of carboxylic acids is 1. The van der Waals surface area contributed by atoms with E-state index in [0.717, 1.165) is 31.2 Å². The van der Waals surface area contributed by atoms with Crippen molar-refractivity contribution in [2.45, 2.75) is 32.7 Å². The number of hydrogen-bond donors (Lipinski definition) is 5. The summed E-state index contributed by atoms with van der Waals surface area (Å²) in [5.74, 6) is 0.0102. The van der Waals surface area contributed by atoms with Crippen LogP contribution in [-0.4, -0.2) is 52.7 Å². The van der Waals surface area contributed by atoms with E-state index < -0.39 is 12.1 Å². The van der Waals surface area contributed by atoms with Crippen LogP contribution in [0.3, 0.4) is 0 Å². The number of aliphatic carboxylic acids is 1. The Hall–Kier alpha value is -3.43. The van der Waals surface area contributed by atoms with Gasteiger partial charge in [0.15, 0.2) is 0 Å². The zero-order valence-electron chi connectivity index (χ0n) is 20.5. The van der Waals surface area contributed by atoms with Gasteiger partial charge in [0.2, 0.25) is 0 Å². The largest absolute Gasteiger partial charge is 0.508 e. The summed E-state index contributed by atoms with van der Waals surface area (Å²) >= 11 is 0. The molecule has 3 aromatic rings. The molecule has 0 aliphatic carbocycles. The van der Waals surface area contributed by atoms with E-state index in [1.807, 2.05) is 54.6 Å². The fourth-order valence-electron chi connectivity index (χ4n) is 3.26. The highest BCUT2D eigenvalue weighted by molar-refractivity contribution is 5.62. The van der Waals surface area contributed by atoms with E-state index in [1.54, 1.807) is 12.1 Å². The molecule has 8 heteroatoms. The second kappa shape index (κ2) is 16.3. The van der Waals surface area contributed by atoms with Crippen molar-refractivity contribution in [1.82, 2.24) is 5.32 Å². The first-order valence-corrected chi connectivity index (χ1v) is 11.7. The molecule has 194 valence electrons. The molecule has 0 aromatic heterocycles. The fourth-order valence-corrected chi connectivity index (χ4v) is 3.26. The summed E-state index contributed by atoms with van der Waals surface area (Å²) in [4.78, 5) is 9.00. The molecular formula is C28H35NO7. The highest BCUT2D eigenvalue weighted by Crippen LogP contribution is 2.22. The number of aliphatic hydroxyl groups excluding tert-OH is 2. The Morgan fingerprint density at radius 2 is 1.67 bits per heavy atom. The van der Waals surface area contributed by atoms with Crippen LogP contribution in [0, 0.1) is 0 Å². The maximum absolute atomic E-state index is 10.3. The predicted molar refractivity (Wildman–Crippen MR) is 137 cm³/mol. The van der Waals surface area contributed by atoms with Gasteiger partial charge in [-0.2, -0.15) is 0 Å². The lowest BCUT2D eigenvalue weighted by molar-refractivity contribution is -0.134. The first kappa shape index (κ1) is 28.8. The lowest BCUT2D eigenvalue weighted by Crippen LogP contribution is -2.23. The van der Waals surface area contributed by atoms with Crippen LogP contribution in [-0.2, 0) is 29.2 Å². The molecule has 0 heterocycles. The Morgan fingerprint density at radius 3 is 2.33 bits per heavy atom. The lowest BCUT2D eigenvalue weighted by Gasteiger charge is -2.14. The van der Waals surface area contributed by atoms with E-state index in [9.17, 15) is 15.3 Å². The van der Waals surface area contributed by atoms with Gasteiger partial charge in [0, 0.05) is 19.0 Å². The maximum atomic E-state index is 10.3. The molecule has 0 bridgehead atoms. The van der Waals surface area contributed by atoms with E-state index in [2.05, 4.69) is 5.32 Å². The van der Waals surface area contributed by atoms with Crippen molar-refractivity contribution in [3.8, 4) is 11.5 Å². The molecule has 0 aliphatic heterocycles. The van der Waals surface area contributed by atoms with Crippen LogP contribution in [0.15, 0.2) is 72.8 Å². The van der Waals surface area contributed by atoms with Gasteiger partial charge in [-0.1, -0.05) is 48.5 Å². The Kier molecular flexibility index (Phi) is 13.0. The number of aliphatic hydroxyl groups is 2. The van der Waals surface area contributed by atoms with Gasteiger partial charge >= 0.3 is 0 Å². The third-order valence-corrected chi connectivity index (χ3v) is 5.12. The zero-order chi connectivity index (χ0) is 26.2. The summed E-state index contributed by atoms with van der Waals surface area (Å²) in [6, 6.07) is 22.8. The van der Waals surface area contributed by atoms with Crippen LogP contribution < -0.4 is 10.1 Å². The van der Waals surface area contributed by atoms with Gasteiger partial charge in [-0.3, -0.25) is 4.79 Å². The van der Waals surface area contributed by atoms with E-state index in [1.165, 1.54) is 11.6 Å². The van der Waals surface area contributed by atoms with Crippen LogP contribution in [0.2, 0.25) is 0 Å². The minimum absolute atomic E-state index is 0.0311. The SMILES string of the molecule is CC(=O)O.OCc1cc([C@@H](O)CNCCc2ccc(OCCOCc3ccccc3)cc2)ccc1O. The normalized spacial score (nSPS) is 11.3. The van der Waals surface area contributed by atoms with E-state index in [-0.39, 0.29) is 12.4 Å². The first-order chi connectivity index (χ1) is 17.4. The molecule has 0 saturated heterocycles.